The number of methoxy groups -OCH3 is 1. The molecule has 0 bridgehead atoms. The summed E-state index contributed by atoms with van der Waals surface area (Å²) >= 11 is 0. The molecule has 0 spiro atoms. The predicted molar refractivity (Wildman–Crippen MR) is 110 cm³/mol. The van der Waals surface area contributed by atoms with Gasteiger partial charge in [-0.2, -0.15) is 5.10 Å². The molecule has 140 valence electrons. The molecule has 2 atom stereocenters. The van der Waals surface area contributed by atoms with Gasteiger partial charge in [-0.25, -0.2) is 5.01 Å². The van der Waals surface area contributed by atoms with E-state index in [0.717, 1.165) is 40.3 Å². The maximum absolute atomic E-state index is 6.47. The van der Waals surface area contributed by atoms with E-state index in [2.05, 4.69) is 66.5 Å². The Bertz CT molecular complexity index is 1030. The number of aryl methyl sites for hydroxylation is 1. The van der Waals surface area contributed by atoms with Crippen LogP contribution in [0.3, 0.4) is 0 Å². The predicted octanol–water partition coefficient (Wildman–Crippen LogP) is 5.25. The van der Waals surface area contributed by atoms with Crippen molar-refractivity contribution in [3.63, 3.8) is 0 Å². The molecule has 4 heteroatoms. The van der Waals surface area contributed by atoms with E-state index in [1.165, 1.54) is 5.56 Å². The van der Waals surface area contributed by atoms with Crippen LogP contribution in [0.1, 0.15) is 40.9 Å². The van der Waals surface area contributed by atoms with Crippen LogP contribution in [0.5, 0.6) is 11.5 Å². The maximum atomic E-state index is 6.47. The van der Waals surface area contributed by atoms with Crippen LogP contribution in [0.15, 0.2) is 77.9 Å². The molecule has 3 aromatic carbocycles. The van der Waals surface area contributed by atoms with Gasteiger partial charge in [-0.1, -0.05) is 72.3 Å². The number of benzene rings is 3. The molecule has 0 saturated carbocycles. The van der Waals surface area contributed by atoms with E-state index in [1.54, 1.807) is 7.11 Å². The summed E-state index contributed by atoms with van der Waals surface area (Å²) in [6.45, 7) is 2.09. The summed E-state index contributed by atoms with van der Waals surface area (Å²) in [6.07, 6.45) is 0.561. The second-order valence-corrected chi connectivity index (χ2v) is 7.27. The smallest absolute Gasteiger partial charge is 0.214 e. The lowest BCUT2D eigenvalue weighted by atomic mass is 9.95. The number of hydrogen-bond acceptors (Lipinski definition) is 4. The van der Waals surface area contributed by atoms with Crippen molar-refractivity contribution in [2.45, 2.75) is 25.6 Å². The lowest BCUT2D eigenvalue weighted by Crippen LogP contribution is -2.33. The van der Waals surface area contributed by atoms with Crippen molar-refractivity contribution in [1.29, 1.82) is 0 Å². The van der Waals surface area contributed by atoms with Crippen LogP contribution in [-0.2, 0) is 0 Å². The zero-order chi connectivity index (χ0) is 19.1. The Hall–Kier alpha value is -3.27. The number of nitrogens with zero attached hydrogens (tertiary/aromatic N) is 2. The minimum atomic E-state index is -0.282. The zero-order valence-corrected chi connectivity index (χ0v) is 16.0. The monoisotopic (exact) mass is 370 g/mol. The lowest BCUT2D eigenvalue weighted by Gasteiger charge is -2.38. The Morgan fingerprint density at radius 3 is 2.50 bits per heavy atom. The van der Waals surface area contributed by atoms with Crippen LogP contribution in [-0.4, -0.2) is 17.8 Å². The first-order valence-corrected chi connectivity index (χ1v) is 9.56. The van der Waals surface area contributed by atoms with E-state index in [0.29, 0.717) is 0 Å². The van der Waals surface area contributed by atoms with E-state index in [9.17, 15) is 0 Å². The van der Waals surface area contributed by atoms with Gasteiger partial charge in [0, 0.05) is 17.5 Å². The van der Waals surface area contributed by atoms with Gasteiger partial charge in [-0.05, 0) is 18.6 Å². The largest absolute Gasteiger partial charge is 0.493 e. The summed E-state index contributed by atoms with van der Waals surface area (Å²) < 4.78 is 12.1. The Balaban J connectivity index is 1.62. The van der Waals surface area contributed by atoms with Gasteiger partial charge in [0.2, 0.25) is 6.23 Å². The Labute approximate surface area is 165 Å². The number of hydrazone groups is 1. The van der Waals surface area contributed by atoms with Crippen molar-refractivity contribution >= 4 is 5.71 Å². The zero-order valence-electron chi connectivity index (χ0n) is 16.0. The molecule has 0 amide bonds. The van der Waals surface area contributed by atoms with Crippen molar-refractivity contribution < 1.29 is 9.47 Å². The quantitative estimate of drug-likeness (QED) is 0.632. The van der Waals surface area contributed by atoms with Crippen molar-refractivity contribution in [3.8, 4) is 11.5 Å². The molecule has 2 aliphatic rings. The molecule has 0 saturated heterocycles. The Morgan fingerprint density at radius 1 is 0.964 bits per heavy atom. The first-order chi connectivity index (χ1) is 13.7. The Kier molecular flexibility index (Phi) is 4.05. The third kappa shape index (κ3) is 2.73. The van der Waals surface area contributed by atoms with Crippen molar-refractivity contribution in [3.05, 3.63) is 95.1 Å². The maximum Gasteiger partial charge on any atom is 0.214 e. The van der Waals surface area contributed by atoms with Gasteiger partial charge in [-0.3, -0.25) is 0 Å². The molecule has 3 aromatic rings. The molecule has 28 heavy (non-hydrogen) atoms. The third-order valence-electron chi connectivity index (χ3n) is 5.47. The van der Waals surface area contributed by atoms with E-state index >= 15 is 0 Å². The van der Waals surface area contributed by atoms with Gasteiger partial charge in [0.1, 0.15) is 0 Å². The summed E-state index contributed by atoms with van der Waals surface area (Å²) in [5.41, 5.74) is 5.68. The van der Waals surface area contributed by atoms with Crippen LogP contribution < -0.4 is 9.47 Å². The summed E-state index contributed by atoms with van der Waals surface area (Å²) in [5, 5.41) is 7.11. The van der Waals surface area contributed by atoms with E-state index in [-0.39, 0.29) is 12.3 Å². The molecule has 2 heterocycles. The highest BCUT2D eigenvalue weighted by atomic mass is 16.5. The van der Waals surface area contributed by atoms with Crippen molar-refractivity contribution in [2.75, 3.05) is 7.11 Å². The normalized spacial score (nSPS) is 20.1. The van der Waals surface area contributed by atoms with Crippen LogP contribution >= 0.6 is 0 Å². The molecular weight excluding hydrogens is 348 g/mol. The highest BCUT2D eigenvalue weighted by Gasteiger charge is 2.42. The minimum Gasteiger partial charge on any atom is -0.493 e. The highest BCUT2D eigenvalue weighted by molar-refractivity contribution is 6.01. The molecule has 2 aliphatic heterocycles. The van der Waals surface area contributed by atoms with Gasteiger partial charge in [0.25, 0.3) is 0 Å². The van der Waals surface area contributed by atoms with Gasteiger partial charge in [-0.15, -0.1) is 0 Å². The molecular formula is C24H22N2O2. The minimum absolute atomic E-state index is 0.125. The second kappa shape index (κ2) is 6.71. The third-order valence-corrected chi connectivity index (χ3v) is 5.47. The fourth-order valence-electron chi connectivity index (χ4n) is 4.00. The average Bonchev–Trinajstić information content (AvgIpc) is 3.20. The van der Waals surface area contributed by atoms with E-state index in [4.69, 9.17) is 14.6 Å². The van der Waals surface area contributed by atoms with Gasteiger partial charge in [0.05, 0.1) is 18.9 Å². The SMILES string of the molecule is COc1cccc2c1O[C@H](c1ccc(C)cc1)N1N=C(c3ccccc3)C[C@@H]21. The van der Waals surface area contributed by atoms with Crippen LogP contribution in [0.25, 0.3) is 0 Å². The standard InChI is InChI=1S/C24H22N2O2/c1-16-11-13-18(14-12-16)24-26-21(15-20(25-26)17-7-4-3-5-8-17)19-9-6-10-22(27-2)23(19)28-24/h3-14,21,24H,15H2,1-2H3/t21-,24+/m0/s1. The highest BCUT2D eigenvalue weighted by Crippen LogP contribution is 2.50. The van der Waals surface area contributed by atoms with Crippen LogP contribution in [0.2, 0.25) is 0 Å². The molecule has 0 radical (unpaired) electrons. The van der Waals surface area contributed by atoms with Gasteiger partial charge < -0.3 is 9.47 Å². The first kappa shape index (κ1) is 16.9. The summed E-state index contributed by atoms with van der Waals surface area (Å²) in [7, 11) is 1.69. The fourth-order valence-corrected chi connectivity index (χ4v) is 4.00. The van der Waals surface area contributed by atoms with Gasteiger partial charge in [0.15, 0.2) is 11.5 Å². The Morgan fingerprint density at radius 2 is 1.75 bits per heavy atom. The van der Waals surface area contributed by atoms with Crippen LogP contribution in [0.4, 0.5) is 0 Å². The molecule has 4 nitrogen and oxygen atoms in total. The molecule has 0 aliphatic carbocycles. The summed E-state index contributed by atoms with van der Waals surface area (Å²) in [6, 6.07) is 25.1. The van der Waals surface area contributed by atoms with Crippen molar-refractivity contribution in [2.24, 2.45) is 5.10 Å². The number of hydrogen-bond donors (Lipinski definition) is 0. The number of rotatable bonds is 3. The second-order valence-electron chi connectivity index (χ2n) is 7.27. The topological polar surface area (TPSA) is 34.1 Å². The van der Waals surface area contributed by atoms with E-state index < -0.39 is 0 Å². The number of para-hydroxylation sites is 1. The van der Waals surface area contributed by atoms with Crippen LogP contribution in [0, 0.1) is 6.92 Å². The number of fused-ring (bicyclic) bond motifs is 3. The first-order valence-electron chi connectivity index (χ1n) is 9.56. The average molecular weight is 370 g/mol. The summed E-state index contributed by atoms with van der Waals surface area (Å²) in [5.74, 6) is 1.59. The van der Waals surface area contributed by atoms with E-state index in [1.807, 2.05) is 18.2 Å². The molecule has 0 aromatic heterocycles. The fraction of sp³-hybridized carbons (Fsp3) is 0.208. The number of ether oxygens (including phenoxy) is 2. The summed E-state index contributed by atoms with van der Waals surface area (Å²) in [4.78, 5) is 0. The molecule has 0 N–H and O–H groups in total. The molecule has 5 rings (SSSR count). The van der Waals surface area contributed by atoms with Gasteiger partial charge >= 0.3 is 0 Å². The molecule has 0 unspecified atom stereocenters. The lowest BCUT2D eigenvalue weighted by molar-refractivity contribution is -0.0209. The van der Waals surface area contributed by atoms with Crippen molar-refractivity contribution in [1.82, 2.24) is 5.01 Å². The molecule has 0 fully saturated rings.